The van der Waals surface area contributed by atoms with Crippen LogP contribution in [0, 0.1) is 5.92 Å². The molecule has 1 aliphatic heterocycles. The van der Waals surface area contributed by atoms with Gasteiger partial charge >= 0.3 is 0 Å². The average Bonchev–Trinajstić information content (AvgIpc) is 3.57. The number of methoxy groups -OCH3 is 1. The lowest BCUT2D eigenvalue weighted by atomic mass is 9.90. The molecule has 1 N–H and O–H groups in total. The van der Waals surface area contributed by atoms with E-state index in [0.29, 0.717) is 19.1 Å². The van der Waals surface area contributed by atoms with Gasteiger partial charge in [-0.2, -0.15) is 0 Å². The van der Waals surface area contributed by atoms with Crippen LogP contribution in [-0.2, 0) is 17.8 Å². The van der Waals surface area contributed by atoms with Crippen LogP contribution < -0.4 is 10.3 Å². The lowest BCUT2D eigenvalue weighted by Gasteiger charge is -2.41. The molecule has 0 unspecified atom stereocenters. The summed E-state index contributed by atoms with van der Waals surface area (Å²) in [6.07, 6.45) is 8.19. The summed E-state index contributed by atoms with van der Waals surface area (Å²) in [6, 6.07) is 8.12. The van der Waals surface area contributed by atoms with Crippen LogP contribution in [0.3, 0.4) is 0 Å². The van der Waals surface area contributed by atoms with Gasteiger partial charge in [-0.25, -0.2) is 4.68 Å². The number of ether oxygens (including phenoxy) is 2. The van der Waals surface area contributed by atoms with Crippen molar-refractivity contribution >= 4 is 10.9 Å². The first-order valence-electron chi connectivity index (χ1n) is 13.4. The van der Waals surface area contributed by atoms with Crippen LogP contribution in [0.15, 0.2) is 29.1 Å². The Morgan fingerprint density at radius 1 is 1.17 bits per heavy atom. The number of hydrogen-bond acceptors (Lipinski definition) is 7. The van der Waals surface area contributed by atoms with Crippen LogP contribution in [0.2, 0.25) is 0 Å². The SMILES string of the molecule is COc1ccc2[nH]c(=O)c(CN(C3CCCCC3)[C@@H](c3nnnn3C[C@H]3CCCO3)C(C)C)cc2c1. The smallest absolute Gasteiger partial charge is 0.252 e. The van der Waals surface area contributed by atoms with E-state index in [1.807, 2.05) is 28.9 Å². The van der Waals surface area contributed by atoms with Crippen molar-refractivity contribution in [2.45, 2.75) is 90.1 Å². The van der Waals surface area contributed by atoms with Gasteiger partial charge in [-0.3, -0.25) is 9.69 Å². The summed E-state index contributed by atoms with van der Waals surface area (Å²) in [7, 11) is 1.66. The normalized spacial score (nSPS) is 20.0. The highest BCUT2D eigenvalue weighted by atomic mass is 16.5. The summed E-state index contributed by atoms with van der Waals surface area (Å²) in [6.45, 7) is 6.46. The molecule has 9 heteroatoms. The Balaban J connectivity index is 1.52. The molecule has 3 aromatic rings. The van der Waals surface area contributed by atoms with Gasteiger partial charge in [-0.15, -0.1) is 5.10 Å². The fourth-order valence-electron chi connectivity index (χ4n) is 5.90. The largest absolute Gasteiger partial charge is 0.497 e. The molecule has 2 aliphatic rings. The number of rotatable bonds is 9. The first-order valence-corrected chi connectivity index (χ1v) is 13.4. The van der Waals surface area contributed by atoms with E-state index in [1.54, 1.807) is 7.11 Å². The number of aromatic amines is 1. The highest BCUT2D eigenvalue weighted by molar-refractivity contribution is 5.80. The van der Waals surface area contributed by atoms with E-state index in [4.69, 9.17) is 9.47 Å². The number of benzene rings is 1. The molecule has 194 valence electrons. The topological polar surface area (TPSA) is 98.2 Å². The molecule has 9 nitrogen and oxygen atoms in total. The number of hydrogen-bond donors (Lipinski definition) is 1. The van der Waals surface area contributed by atoms with Crippen LogP contribution in [-0.4, -0.2) is 56.0 Å². The number of aromatic nitrogens is 5. The van der Waals surface area contributed by atoms with Gasteiger partial charge in [-0.1, -0.05) is 33.1 Å². The first-order chi connectivity index (χ1) is 17.5. The molecule has 1 aliphatic carbocycles. The molecule has 1 aromatic carbocycles. The van der Waals surface area contributed by atoms with Gasteiger partial charge in [0.15, 0.2) is 5.82 Å². The van der Waals surface area contributed by atoms with Crippen molar-refractivity contribution < 1.29 is 9.47 Å². The van der Waals surface area contributed by atoms with Gasteiger partial charge in [0.1, 0.15) is 5.75 Å². The molecular weight excluding hydrogens is 456 g/mol. The van der Waals surface area contributed by atoms with E-state index in [1.165, 1.54) is 19.3 Å². The van der Waals surface area contributed by atoms with Crippen molar-refractivity contribution in [1.29, 1.82) is 0 Å². The maximum Gasteiger partial charge on any atom is 0.252 e. The predicted octanol–water partition coefficient (Wildman–Crippen LogP) is 4.23. The third-order valence-corrected chi connectivity index (χ3v) is 7.74. The third-order valence-electron chi connectivity index (χ3n) is 7.74. The van der Waals surface area contributed by atoms with Gasteiger partial charge in [0.25, 0.3) is 5.56 Å². The number of pyridine rings is 1. The van der Waals surface area contributed by atoms with Gasteiger partial charge < -0.3 is 14.5 Å². The Hall–Kier alpha value is -2.78. The highest BCUT2D eigenvalue weighted by Gasteiger charge is 2.35. The molecule has 1 saturated carbocycles. The molecule has 2 atom stereocenters. The highest BCUT2D eigenvalue weighted by Crippen LogP contribution is 2.35. The van der Waals surface area contributed by atoms with Gasteiger partial charge in [0.05, 0.1) is 25.8 Å². The number of nitrogens with zero attached hydrogens (tertiary/aromatic N) is 5. The van der Waals surface area contributed by atoms with Gasteiger partial charge in [-0.05, 0) is 66.3 Å². The summed E-state index contributed by atoms with van der Waals surface area (Å²) >= 11 is 0. The monoisotopic (exact) mass is 494 g/mol. The molecule has 0 spiro atoms. The van der Waals surface area contributed by atoms with Crippen molar-refractivity contribution in [3.05, 3.63) is 46.0 Å². The predicted molar refractivity (Wildman–Crippen MR) is 138 cm³/mol. The van der Waals surface area contributed by atoms with Crippen LogP contribution in [0.5, 0.6) is 5.75 Å². The van der Waals surface area contributed by atoms with Crippen LogP contribution >= 0.6 is 0 Å². The fourth-order valence-corrected chi connectivity index (χ4v) is 5.90. The summed E-state index contributed by atoms with van der Waals surface area (Å²) in [4.78, 5) is 18.8. The fraction of sp³-hybridized carbons (Fsp3) is 0.630. The summed E-state index contributed by atoms with van der Waals surface area (Å²) in [5.74, 6) is 1.91. The zero-order valence-corrected chi connectivity index (χ0v) is 21.7. The Labute approximate surface area is 212 Å². The van der Waals surface area contributed by atoms with Crippen LogP contribution in [0.25, 0.3) is 10.9 Å². The Morgan fingerprint density at radius 3 is 2.72 bits per heavy atom. The Kier molecular flexibility index (Phi) is 7.67. The standard InChI is InChI=1S/C27H38N6O3/c1-18(2)25(26-29-30-31-33(26)17-23-10-7-13-36-23)32(21-8-5-4-6-9-21)16-20-14-19-15-22(35-3)11-12-24(19)28-27(20)34/h11-12,14-15,18,21,23,25H,4-10,13,16-17H2,1-3H3,(H,28,34)/t23-,25-/m1/s1. The second-order valence-corrected chi connectivity index (χ2v) is 10.6. The second kappa shape index (κ2) is 11.1. The number of H-pyrrole nitrogens is 1. The van der Waals surface area contributed by atoms with Crippen LogP contribution in [0.1, 0.15) is 76.2 Å². The summed E-state index contributed by atoms with van der Waals surface area (Å²) in [5, 5.41) is 13.9. The van der Waals surface area contributed by atoms with E-state index in [-0.39, 0.29) is 23.6 Å². The quantitative estimate of drug-likeness (QED) is 0.475. The zero-order chi connectivity index (χ0) is 25.1. The van der Waals surface area contributed by atoms with E-state index < -0.39 is 0 Å². The molecule has 5 rings (SSSR count). The maximum absolute atomic E-state index is 13.2. The molecule has 0 radical (unpaired) electrons. The first kappa shape index (κ1) is 24.9. The number of nitrogens with one attached hydrogen (secondary N) is 1. The molecule has 36 heavy (non-hydrogen) atoms. The van der Waals surface area contributed by atoms with Crippen LogP contribution in [0.4, 0.5) is 0 Å². The van der Waals surface area contributed by atoms with E-state index in [2.05, 4.69) is 39.3 Å². The summed E-state index contributed by atoms with van der Waals surface area (Å²) in [5.41, 5.74) is 1.52. The maximum atomic E-state index is 13.2. The molecular formula is C27H38N6O3. The Morgan fingerprint density at radius 2 is 2.00 bits per heavy atom. The molecule has 1 saturated heterocycles. The minimum atomic E-state index is -0.0464. The van der Waals surface area contributed by atoms with Crippen molar-refractivity contribution in [3.8, 4) is 5.75 Å². The minimum absolute atomic E-state index is 0.00934. The van der Waals surface area contributed by atoms with Crippen molar-refractivity contribution in [2.75, 3.05) is 13.7 Å². The molecule has 0 amide bonds. The van der Waals surface area contributed by atoms with Gasteiger partial charge in [0.2, 0.25) is 0 Å². The number of tetrazole rings is 1. The molecule has 2 aromatic heterocycles. The lowest BCUT2D eigenvalue weighted by Crippen LogP contribution is -2.43. The Bertz CT molecular complexity index is 1210. The lowest BCUT2D eigenvalue weighted by molar-refractivity contribution is 0.0553. The average molecular weight is 495 g/mol. The van der Waals surface area contributed by atoms with Crippen molar-refractivity contribution in [3.63, 3.8) is 0 Å². The molecule has 2 fully saturated rings. The second-order valence-electron chi connectivity index (χ2n) is 10.6. The molecule has 0 bridgehead atoms. The van der Waals surface area contributed by atoms with E-state index >= 15 is 0 Å². The zero-order valence-electron chi connectivity index (χ0n) is 21.7. The van der Waals surface area contributed by atoms with Gasteiger partial charge in [0, 0.05) is 35.7 Å². The molecule has 3 heterocycles. The van der Waals surface area contributed by atoms with E-state index in [0.717, 1.165) is 60.3 Å². The number of fused-ring (bicyclic) bond motifs is 1. The van der Waals surface area contributed by atoms with E-state index in [9.17, 15) is 4.79 Å². The van der Waals surface area contributed by atoms with Crippen molar-refractivity contribution in [2.24, 2.45) is 5.92 Å². The minimum Gasteiger partial charge on any atom is -0.497 e. The summed E-state index contributed by atoms with van der Waals surface area (Å²) < 4.78 is 13.2. The van der Waals surface area contributed by atoms with Crippen molar-refractivity contribution in [1.82, 2.24) is 30.1 Å². The third kappa shape index (κ3) is 5.32.